The lowest BCUT2D eigenvalue weighted by Gasteiger charge is -2.26. The van der Waals surface area contributed by atoms with Crippen molar-refractivity contribution >= 4 is 12.4 Å². The number of nitrogens with zero attached hydrogens (tertiary/aromatic N) is 1. The molecule has 0 spiro atoms. The van der Waals surface area contributed by atoms with Crippen LogP contribution in [0.1, 0.15) is 37.3 Å². The quantitative estimate of drug-likeness (QED) is 0.778. The summed E-state index contributed by atoms with van der Waals surface area (Å²) in [6, 6.07) is 9.10. The summed E-state index contributed by atoms with van der Waals surface area (Å²) in [6.45, 7) is 5.93. The van der Waals surface area contributed by atoms with Crippen LogP contribution in [0.4, 0.5) is 0 Å². The Morgan fingerprint density at radius 1 is 0.938 bits per heavy atom. The van der Waals surface area contributed by atoms with E-state index < -0.39 is 0 Å². The van der Waals surface area contributed by atoms with Gasteiger partial charge in [-0.3, -0.25) is 4.90 Å². The minimum absolute atomic E-state index is 0. The second-order valence-corrected chi connectivity index (χ2v) is 4.51. The fraction of sp³-hybridized carbons (Fsp3) is 0.571. The fourth-order valence-corrected chi connectivity index (χ4v) is 2.26. The summed E-state index contributed by atoms with van der Waals surface area (Å²) in [4.78, 5) is 2.57. The highest BCUT2D eigenvalue weighted by molar-refractivity contribution is 5.85. The van der Waals surface area contributed by atoms with Crippen LogP contribution in [0.25, 0.3) is 0 Å². The van der Waals surface area contributed by atoms with Crippen molar-refractivity contribution in [1.29, 1.82) is 0 Å². The van der Waals surface area contributed by atoms with E-state index in [2.05, 4.69) is 36.1 Å². The highest BCUT2D eigenvalue weighted by Crippen LogP contribution is 2.13. The van der Waals surface area contributed by atoms with Gasteiger partial charge in [0.05, 0.1) is 0 Å². The Kier molecular flexibility index (Phi) is 5.86. The molecule has 0 amide bonds. The number of aryl methyl sites for hydroxylation is 1. The molecule has 1 heterocycles. The summed E-state index contributed by atoms with van der Waals surface area (Å²) in [5.41, 5.74) is 2.91. The van der Waals surface area contributed by atoms with Gasteiger partial charge in [-0.15, -0.1) is 12.4 Å². The first kappa shape index (κ1) is 13.5. The Morgan fingerprint density at radius 3 is 2.06 bits per heavy atom. The number of benzene rings is 1. The van der Waals surface area contributed by atoms with E-state index >= 15 is 0 Å². The third-order valence-corrected chi connectivity index (χ3v) is 3.29. The second kappa shape index (κ2) is 6.93. The molecule has 0 radical (unpaired) electrons. The molecule has 1 fully saturated rings. The number of hydrogen-bond acceptors (Lipinski definition) is 1. The predicted molar refractivity (Wildman–Crippen MR) is 72.2 cm³/mol. The number of piperidine rings is 1. The van der Waals surface area contributed by atoms with Crippen LogP contribution in [-0.4, -0.2) is 18.0 Å². The van der Waals surface area contributed by atoms with Gasteiger partial charge in [0.25, 0.3) is 0 Å². The van der Waals surface area contributed by atoms with E-state index in [0.29, 0.717) is 0 Å². The van der Waals surface area contributed by atoms with E-state index in [1.54, 1.807) is 0 Å². The first-order valence-electron chi connectivity index (χ1n) is 6.18. The molecule has 0 bridgehead atoms. The van der Waals surface area contributed by atoms with E-state index in [1.165, 1.54) is 43.5 Å². The summed E-state index contributed by atoms with van der Waals surface area (Å²) in [5.74, 6) is 0. The summed E-state index contributed by atoms with van der Waals surface area (Å²) in [7, 11) is 0. The molecule has 1 aromatic carbocycles. The Bertz CT molecular complexity index is 288. The molecule has 1 aromatic rings. The molecule has 90 valence electrons. The summed E-state index contributed by atoms with van der Waals surface area (Å²) >= 11 is 0. The van der Waals surface area contributed by atoms with Crippen molar-refractivity contribution in [3.8, 4) is 0 Å². The molecule has 0 unspecified atom stereocenters. The predicted octanol–water partition coefficient (Wildman–Crippen LogP) is 3.66. The van der Waals surface area contributed by atoms with Crippen molar-refractivity contribution in [3.05, 3.63) is 35.4 Å². The van der Waals surface area contributed by atoms with Crippen LogP contribution < -0.4 is 0 Å². The molecule has 0 atom stereocenters. The topological polar surface area (TPSA) is 3.24 Å². The number of hydrogen-bond donors (Lipinski definition) is 0. The van der Waals surface area contributed by atoms with E-state index in [4.69, 9.17) is 0 Å². The zero-order valence-corrected chi connectivity index (χ0v) is 10.9. The van der Waals surface area contributed by atoms with Crippen LogP contribution in [0.3, 0.4) is 0 Å². The minimum Gasteiger partial charge on any atom is -0.299 e. The van der Waals surface area contributed by atoms with E-state index in [-0.39, 0.29) is 12.4 Å². The summed E-state index contributed by atoms with van der Waals surface area (Å²) in [6.07, 6.45) is 5.33. The van der Waals surface area contributed by atoms with Gasteiger partial charge < -0.3 is 0 Å². The van der Waals surface area contributed by atoms with Gasteiger partial charge in [-0.25, -0.2) is 0 Å². The zero-order valence-electron chi connectivity index (χ0n) is 10.1. The van der Waals surface area contributed by atoms with Gasteiger partial charge in [-0.05, 0) is 43.5 Å². The second-order valence-electron chi connectivity index (χ2n) is 4.51. The van der Waals surface area contributed by atoms with E-state index in [0.717, 1.165) is 13.0 Å². The molecule has 1 nitrogen and oxygen atoms in total. The molecule has 1 aliphatic rings. The maximum atomic E-state index is 2.57. The van der Waals surface area contributed by atoms with Crippen molar-refractivity contribution in [2.45, 2.75) is 39.2 Å². The highest BCUT2D eigenvalue weighted by Gasteiger charge is 2.09. The maximum Gasteiger partial charge on any atom is 0.0233 e. The summed E-state index contributed by atoms with van der Waals surface area (Å²) in [5, 5.41) is 0. The molecule has 0 aliphatic carbocycles. The number of likely N-dealkylation sites (tertiary alicyclic amines) is 1. The average Bonchev–Trinajstić information content (AvgIpc) is 2.31. The Hall–Kier alpha value is -0.530. The van der Waals surface area contributed by atoms with E-state index in [1.807, 2.05) is 0 Å². The van der Waals surface area contributed by atoms with Crippen LogP contribution in [-0.2, 0) is 13.0 Å². The molecular formula is C14H22ClN. The lowest BCUT2D eigenvalue weighted by molar-refractivity contribution is 0.221. The maximum absolute atomic E-state index is 2.57. The molecule has 2 rings (SSSR count). The van der Waals surface area contributed by atoms with Crippen molar-refractivity contribution in [3.63, 3.8) is 0 Å². The van der Waals surface area contributed by atoms with Crippen molar-refractivity contribution in [2.24, 2.45) is 0 Å². The van der Waals surface area contributed by atoms with Gasteiger partial charge in [0.1, 0.15) is 0 Å². The SMILES string of the molecule is CCc1ccc(CN2CCCCC2)cc1.Cl. The lowest BCUT2D eigenvalue weighted by Crippen LogP contribution is -2.29. The van der Waals surface area contributed by atoms with E-state index in [9.17, 15) is 0 Å². The molecule has 0 N–H and O–H groups in total. The summed E-state index contributed by atoms with van der Waals surface area (Å²) < 4.78 is 0. The van der Waals surface area contributed by atoms with Crippen molar-refractivity contribution in [2.75, 3.05) is 13.1 Å². The Morgan fingerprint density at radius 2 is 1.50 bits per heavy atom. The number of rotatable bonds is 3. The Labute approximate surface area is 105 Å². The molecule has 0 saturated carbocycles. The van der Waals surface area contributed by atoms with Gasteiger partial charge in [0.15, 0.2) is 0 Å². The van der Waals surface area contributed by atoms with Gasteiger partial charge >= 0.3 is 0 Å². The smallest absolute Gasteiger partial charge is 0.0233 e. The van der Waals surface area contributed by atoms with Crippen molar-refractivity contribution < 1.29 is 0 Å². The monoisotopic (exact) mass is 239 g/mol. The first-order chi connectivity index (χ1) is 7.38. The van der Waals surface area contributed by atoms with Crippen LogP contribution in [0.5, 0.6) is 0 Å². The van der Waals surface area contributed by atoms with Crippen LogP contribution in [0, 0.1) is 0 Å². The average molecular weight is 240 g/mol. The highest BCUT2D eigenvalue weighted by atomic mass is 35.5. The molecule has 16 heavy (non-hydrogen) atoms. The van der Waals surface area contributed by atoms with Crippen LogP contribution >= 0.6 is 12.4 Å². The number of halogens is 1. The Balaban J connectivity index is 0.00000128. The largest absolute Gasteiger partial charge is 0.299 e. The van der Waals surface area contributed by atoms with Crippen LogP contribution in [0.15, 0.2) is 24.3 Å². The third-order valence-electron chi connectivity index (χ3n) is 3.29. The molecule has 0 aromatic heterocycles. The minimum atomic E-state index is 0. The van der Waals surface area contributed by atoms with Gasteiger partial charge in [0, 0.05) is 6.54 Å². The third kappa shape index (κ3) is 3.80. The van der Waals surface area contributed by atoms with Crippen molar-refractivity contribution in [1.82, 2.24) is 4.90 Å². The van der Waals surface area contributed by atoms with Gasteiger partial charge in [-0.2, -0.15) is 0 Å². The fourth-order valence-electron chi connectivity index (χ4n) is 2.26. The first-order valence-corrected chi connectivity index (χ1v) is 6.18. The standard InChI is InChI=1S/C14H21N.ClH/c1-2-13-6-8-14(9-7-13)12-15-10-4-3-5-11-15;/h6-9H,2-5,10-12H2,1H3;1H. The van der Waals surface area contributed by atoms with Gasteiger partial charge in [-0.1, -0.05) is 37.6 Å². The zero-order chi connectivity index (χ0) is 10.5. The van der Waals surface area contributed by atoms with Crippen LogP contribution in [0.2, 0.25) is 0 Å². The molecule has 2 heteroatoms. The van der Waals surface area contributed by atoms with Gasteiger partial charge in [0.2, 0.25) is 0 Å². The molecular weight excluding hydrogens is 218 g/mol. The normalized spacial score (nSPS) is 16.8. The molecule has 1 aliphatic heterocycles. The lowest BCUT2D eigenvalue weighted by atomic mass is 10.1. The molecule has 1 saturated heterocycles.